The molecule has 0 saturated heterocycles. The molecule has 0 fully saturated rings. The predicted molar refractivity (Wildman–Crippen MR) is 82.8 cm³/mol. The molecule has 10 heteroatoms. The summed E-state index contributed by atoms with van der Waals surface area (Å²) >= 11 is 0. The highest BCUT2D eigenvalue weighted by Gasteiger charge is 2.37. The maximum atomic E-state index is 13.5. The number of aryl methyl sites for hydroxylation is 1. The van der Waals surface area contributed by atoms with E-state index in [-0.39, 0.29) is 11.3 Å². The molecule has 0 bridgehead atoms. The standard InChI is InChI=1S/C16H10F5N5/c1-7-4-8(5-9-6-22-24-12(7)9)13-10(14(17)18)2-3-11-23-15(16(19,20)21)25-26(11)13/h2-6,14H,1H3,(H,22,24). The Morgan fingerprint density at radius 2 is 1.92 bits per heavy atom. The Labute approximate surface area is 142 Å². The molecule has 26 heavy (non-hydrogen) atoms. The summed E-state index contributed by atoms with van der Waals surface area (Å²) in [6, 6.07) is 5.33. The molecule has 3 aromatic heterocycles. The molecule has 0 unspecified atom stereocenters. The van der Waals surface area contributed by atoms with Gasteiger partial charge in [-0.05, 0) is 36.8 Å². The van der Waals surface area contributed by atoms with Crippen LogP contribution in [0.25, 0.3) is 27.8 Å². The number of nitrogens with zero attached hydrogens (tertiary/aromatic N) is 4. The van der Waals surface area contributed by atoms with Crippen molar-refractivity contribution in [2.75, 3.05) is 0 Å². The Balaban J connectivity index is 2.07. The SMILES string of the molecule is Cc1cc(-c2c(C(F)F)ccc3nc(C(F)(F)F)nn23)cc2cn[nH]c12. The van der Waals surface area contributed by atoms with Gasteiger partial charge in [-0.3, -0.25) is 5.10 Å². The van der Waals surface area contributed by atoms with Gasteiger partial charge in [0.25, 0.3) is 12.2 Å². The third kappa shape index (κ3) is 2.49. The number of benzene rings is 1. The minimum atomic E-state index is -4.78. The van der Waals surface area contributed by atoms with E-state index in [4.69, 9.17) is 0 Å². The Hall–Kier alpha value is -3.04. The van der Waals surface area contributed by atoms with Crippen molar-refractivity contribution in [1.29, 1.82) is 0 Å². The van der Waals surface area contributed by atoms with Crippen LogP contribution in [0, 0.1) is 6.92 Å². The van der Waals surface area contributed by atoms with E-state index in [1.54, 1.807) is 19.1 Å². The number of H-pyrrole nitrogens is 1. The molecule has 4 aromatic rings. The van der Waals surface area contributed by atoms with Gasteiger partial charge >= 0.3 is 6.18 Å². The van der Waals surface area contributed by atoms with Gasteiger partial charge in [-0.1, -0.05) is 0 Å². The summed E-state index contributed by atoms with van der Waals surface area (Å²) in [6.07, 6.45) is -6.16. The van der Waals surface area contributed by atoms with Crippen LogP contribution in [-0.2, 0) is 6.18 Å². The lowest BCUT2D eigenvalue weighted by molar-refractivity contribution is -0.144. The summed E-state index contributed by atoms with van der Waals surface area (Å²) in [5.41, 5.74) is 1.00. The molecule has 0 atom stereocenters. The van der Waals surface area contributed by atoms with E-state index in [1.807, 2.05) is 0 Å². The second-order valence-corrected chi connectivity index (χ2v) is 5.77. The zero-order valence-corrected chi connectivity index (χ0v) is 13.1. The number of fused-ring (bicyclic) bond motifs is 2. The zero-order chi connectivity index (χ0) is 18.6. The number of aromatic nitrogens is 5. The number of alkyl halides is 5. The lowest BCUT2D eigenvalue weighted by Gasteiger charge is -2.12. The summed E-state index contributed by atoms with van der Waals surface area (Å²) in [4.78, 5) is 3.41. The first-order valence-corrected chi connectivity index (χ1v) is 7.45. The number of rotatable bonds is 2. The third-order valence-corrected chi connectivity index (χ3v) is 4.04. The maximum absolute atomic E-state index is 13.5. The minimum Gasteiger partial charge on any atom is -0.278 e. The fraction of sp³-hybridized carbons (Fsp3) is 0.188. The van der Waals surface area contributed by atoms with Gasteiger partial charge in [0, 0.05) is 16.5 Å². The molecule has 3 heterocycles. The molecule has 0 aliphatic carbocycles. The van der Waals surface area contributed by atoms with Crippen LogP contribution >= 0.6 is 0 Å². The first-order chi connectivity index (χ1) is 12.3. The van der Waals surface area contributed by atoms with Crippen molar-refractivity contribution in [2.45, 2.75) is 19.5 Å². The van der Waals surface area contributed by atoms with Crippen molar-refractivity contribution < 1.29 is 22.0 Å². The lowest BCUT2D eigenvalue weighted by atomic mass is 10.0. The fourth-order valence-corrected chi connectivity index (χ4v) is 2.92. The van der Waals surface area contributed by atoms with E-state index in [2.05, 4.69) is 20.3 Å². The molecule has 5 nitrogen and oxygen atoms in total. The number of pyridine rings is 1. The number of hydrogen-bond donors (Lipinski definition) is 1. The zero-order valence-electron chi connectivity index (χ0n) is 13.1. The van der Waals surface area contributed by atoms with Crippen LogP contribution < -0.4 is 0 Å². The molecule has 0 aliphatic heterocycles. The van der Waals surface area contributed by atoms with Crippen molar-refractivity contribution in [3.63, 3.8) is 0 Å². The van der Waals surface area contributed by atoms with Crippen molar-refractivity contribution in [3.05, 3.63) is 47.4 Å². The number of hydrogen-bond acceptors (Lipinski definition) is 3. The largest absolute Gasteiger partial charge is 0.453 e. The fourth-order valence-electron chi connectivity index (χ4n) is 2.92. The van der Waals surface area contributed by atoms with Crippen LogP contribution in [0.3, 0.4) is 0 Å². The Morgan fingerprint density at radius 1 is 1.15 bits per heavy atom. The highest BCUT2D eigenvalue weighted by Crippen LogP contribution is 2.35. The van der Waals surface area contributed by atoms with E-state index in [0.717, 1.165) is 16.6 Å². The van der Waals surface area contributed by atoms with Crippen molar-refractivity contribution >= 4 is 16.6 Å². The molecule has 1 aromatic carbocycles. The molecule has 0 amide bonds. The summed E-state index contributed by atoms with van der Waals surface area (Å²) in [7, 11) is 0. The topological polar surface area (TPSA) is 58.9 Å². The Morgan fingerprint density at radius 3 is 2.62 bits per heavy atom. The van der Waals surface area contributed by atoms with Crippen LogP contribution in [0.1, 0.15) is 23.4 Å². The average Bonchev–Trinajstić information content (AvgIpc) is 3.19. The summed E-state index contributed by atoms with van der Waals surface area (Å²) in [5.74, 6) is -1.38. The van der Waals surface area contributed by atoms with E-state index in [9.17, 15) is 22.0 Å². The number of halogens is 5. The van der Waals surface area contributed by atoms with Crippen LogP contribution in [0.4, 0.5) is 22.0 Å². The smallest absolute Gasteiger partial charge is 0.278 e. The van der Waals surface area contributed by atoms with E-state index >= 15 is 0 Å². The van der Waals surface area contributed by atoms with E-state index in [0.29, 0.717) is 22.0 Å². The van der Waals surface area contributed by atoms with Crippen molar-refractivity contribution in [3.8, 4) is 11.3 Å². The Kier molecular flexibility index (Phi) is 3.46. The van der Waals surface area contributed by atoms with Gasteiger partial charge in [0.15, 0.2) is 5.65 Å². The predicted octanol–water partition coefficient (Wildman–Crippen LogP) is 4.54. The van der Waals surface area contributed by atoms with E-state index < -0.39 is 24.0 Å². The first kappa shape index (κ1) is 16.4. The lowest BCUT2D eigenvalue weighted by Crippen LogP contribution is -2.08. The third-order valence-electron chi connectivity index (χ3n) is 4.04. The van der Waals surface area contributed by atoms with Gasteiger partial charge < -0.3 is 0 Å². The van der Waals surface area contributed by atoms with Crippen molar-refractivity contribution in [2.24, 2.45) is 0 Å². The Bertz CT molecular complexity index is 1130. The molecule has 134 valence electrons. The summed E-state index contributed by atoms with van der Waals surface area (Å²) < 4.78 is 66.7. The maximum Gasteiger partial charge on any atom is 0.453 e. The molecule has 0 saturated carbocycles. The average molecular weight is 367 g/mol. The van der Waals surface area contributed by atoms with E-state index in [1.165, 1.54) is 6.20 Å². The van der Waals surface area contributed by atoms with Gasteiger partial charge in [0.05, 0.1) is 17.4 Å². The van der Waals surface area contributed by atoms with Crippen molar-refractivity contribution in [1.82, 2.24) is 24.8 Å². The quantitative estimate of drug-likeness (QED) is 0.529. The second kappa shape index (κ2) is 5.48. The molecule has 0 radical (unpaired) electrons. The molecular formula is C16H10F5N5. The van der Waals surface area contributed by atoms with Crippen LogP contribution in [-0.4, -0.2) is 24.8 Å². The minimum absolute atomic E-state index is 0.133. The van der Waals surface area contributed by atoms with Gasteiger partial charge in [-0.2, -0.15) is 18.3 Å². The summed E-state index contributed by atoms with van der Waals surface area (Å²) in [6.45, 7) is 1.74. The van der Waals surface area contributed by atoms with Crippen LogP contribution in [0.15, 0.2) is 30.5 Å². The highest BCUT2D eigenvalue weighted by atomic mass is 19.4. The molecule has 1 N–H and O–H groups in total. The molecule has 4 rings (SSSR count). The second-order valence-electron chi connectivity index (χ2n) is 5.77. The van der Waals surface area contributed by atoms with Gasteiger partial charge in [-0.15, -0.1) is 5.10 Å². The van der Waals surface area contributed by atoms with Gasteiger partial charge in [0.2, 0.25) is 0 Å². The molecule has 0 aliphatic rings. The monoisotopic (exact) mass is 367 g/mol. The highest BCUT2D eigenvalue weighted by molar-refractivity contribution is 5.87. The summed E-state index contributed by atoms with van der Waals surface area (Å²) in [5, 5.41) is 10.8. The van der Waals surface area contributed by atoms with Gasteiger partial charge in [0.1, 0.15) is 0 Å². The van der Waals surface area contributed by atoms with Crippen LogP contribution in [0.5, 0.6) is 0 Å². The normalized spacial score (nSPS) is 12.6. The van der Waals surface area contributed by atoms with Gasteiger partial charge in [-0.25, -0.2) is 18.3 Å². The van der Waals surface area contributed by atoms with Crippen LogP contribution in [0.2, 0.25) is 0 Å². The molecule has 0 spiro atoms. The number of aromatic amines is 1. The first-order valence-electron chi connectivity index (χ1n) is 7.45. The molecular weight excluding hydrogens is 357 g/mol. The number of nitrogens with one attached hydrogen (secondary N) is 1.